The number of hydrogen-bond acceptors (Lipinski definition) is 1. The van der Waals surface area contributed by atoms with Crippen molar-refractivity contribution in [2.75, 3.05) is 0 Å². The highest BCUT2D eigenvalue weighted by molar-refractivity contribution is 7.27. The van der Waals surface area contributed by atoms with E-state index in [2.05, 4.69) is 28.3 Å². The summed E-state index contributed by atoms with van der Waals surface area (Å²) >= 11 is 0. The predicted molar refractivity (Wildman–Crippen MR) is 55.9 cm³/mol. The zero-order valence-corrected chi connectivity index (χ0v) is 8.46. The van der Waals surface area contributed by atoms with Crippen molar-refractivity contribution in [3.8, 4) is 0 Å². The number of fused-ring (bicyclic) bond motifs is 1. The molecule has 1 aromatic carbocycles. The Hall–Kier alpha value is -0.390. The molecule has 1 aromatic rings. The van der Waals surface area contributed by atoms with E-state index in [4.69, 9.17) is 5.73 Å². The van der Waals surface area contributed by atoms with Crippen LogP contribution in [0.2, 0.25) is 0 Å². The van der Waals surface area contributed by atoms with Crippen LogP contribution in [0.5, 0.6) is 0 Å². The summed E-state index contributed by atoms with van der Waals surface area (Å²) in [4.78, 5) is 0. The predicted octanol–water partition coefficient (Wildman–Crippen LogP) is 0.921. The van der Waals surface area contributed by atoms with Gasteiger partial charge in [0.1, 0.15) is 0 Å². The fraction of sp³-hybridized carbons (Fsp3) is 0.400. The fourth-order valence-electron chi connectivity index (χ4n) is 1.88. The molecule has 1 nitrogen and oxygen atoms in total. The average Bonchev–Trinajstić information content (AvgIpc) is 2.39. The normalized spacial score (nSPS) is 21.1. The van der Waals surface area contributed by atoms with E-state index in [9.17, 15) is 0 Å². The van der Waals surface area contributed by atoms with Gasteiger partial charge in [0, 0.05) is 6.04 Å². The van der Waals surface area contributed by atoms with Gasteiger partial charge in [0.05, 0.1) is 0 Å². The summed E-state index contributed by atoms with van der Waals surface area (Å²) in [5.74, 6) is 0. The van der Waals surface area contributed by atoms with Crippen LogP contribution >= 0.6 is 9.24 Å². The van der Waals surface area contributed by atoms with E-state index < -0.39 is 0 Å². The van der Waals surface area contributed by atoms with Gasteiger partial charge in [-0.25, -0.2) is 0 Å². The van der Waals surface area contributed by atoms with Crippen LogP contribution in [0.25, 0.3) is 0 Å². The molecule has 0 spiro atoms. The maximum Gasteiger partial charge on any atom is 0.0120 e. The molecule has 0 amide bonds. The second kappa shape index (κ2) is 2.83. The minimum absolute atomic E-state index is 0.348. The molecule has 0 bridgehead atoms. The molecule has 0 aliphatic heterocycles. The van der Waals surface area contributed by atoms with Crippen LogP contribution < -0.4 is 11.0 Å². The fourth-order valence-corrected chi connectivity index (χ4v) is 2.28. The molecule has 1 aliphatic carbocycles. The van der Waals surface area contributed by atoms with Gasteiger partial charge in [-0.3, -0.25) is 0 Å². The molecule has 0 aromatic heterocycles. The molecule has 1 aliphatic rings. The molecular weight excluding hydrogens is 165 g/mol. The van der Waals surface area contributed by atoms with Crippen molar-refractivity contribution in [3.05, 3.63) is 28.8 Å². The van der Waals surface area contributed by atoms with E-state index in [1.807, 2.05) is 0 Å². The summed E-state index contributed by atoms with van der Waals surface area (Å²) in [6.45, 7) is 2.15. The van der Waals surface area contributed by atoms with Crippen molar-refractivity contribution < 1.29 is 0 Å². The lowest BCUT2D eigenvalue weighted by Crippen LogP contribution is -2.19. The molecule has 0 saturated carbocycles. The van der Waals surface area contributed by atoms with E-state index in [1.54, 1.807) is 0 Å². The minimum atomic E-state index is 0.348. The van der Waals surface area contributed by atoms with Gasteiger partial charge in [0.25, 0.3) is 0 Å². The number of hydrogen-bond donors (Lipinski definition) is 1. The van der Waals surface area contributed by atoms with Crippen LogP contribution in [-0.2, 0) is 12.8 Å². The van der Waals surface area contributed by atoms with Gasteiger partial charge >= 0.3 is 0 Å². The quantitative estimate of drug-likeness (QED) is 0.589. The van der Waals surface area contributed by atoms with Gasteiger partial charge in [-0.15, -0.1) is 9.24 Å². The smallest absolute Gasteiger partial charge is 0.0120 e. The van der Waals surface area contributed by atoms with Gasteiger partial charge in [-0.1, -0.05) is 12.1 Å². The number of rotatable bonds is 0. The van der Waals surface area contributed by atoms with Gasteiger partial charge in [-0.05, 0) is 41.8 Å². The Kier molecular flexibility index (Phi) is 1.94. The molecule has 2 N–H and O–H groups in total. The first kappa shape index (κ1) is 8.22. The minimum Gasteiger partial charge on any atom is -0.327 e. The molecule has 12 heavy (non-hydrogen) atoms. The largest absolute Gasteiger partial charge is 0.327 e. The first-order chi connectivity index (χ1) is 5.68. The van der Waals surface area contributed by atoms with Crippen molar-refractivity contribution in [2.24, 2.45) is 5.73 Å². The van der Waals surface area contributed by atoms with Gasteiger partial charge in [0.15, 0.2) is 0 Å². The lowest BCUT2D eigenvalue weighted by Gasteiger charge is -2.05. The van der Waals surface area contributed by atoms with E-state index in [0.29, 0.717) is 6.04 Å². The summed E-state index contributed by atoms with van der Waals surface area (Å²) in [5, 5.41) is 1.36. The summed E-state index contributed by atoms with van der Waals surface area (Å²) < 4.78 is 0. The third-order valence-corrected chi connectivity index (χ3v) is 3.42. The van der Waals surface area contributed by atoms with E-state index in [1.165, 1.54) is 22.0 Å². The molecule has 2 rings (SSSR count). The average molecular weight is 179 g/mol. The van der Waals surface area contributed by atoms with E-state index in [0.717, 1.165) is 12.8 Å². The first-order valence-electron chi connectivity index (χ1n) is 4.31. The second-order valence-electron chi connectivity index (χ2n) is 3.60. The van der Waals surface area contributed by atoms with Crippen LogP contribution in [0.3, 0.4) is 0 Å². The van der Waals surface area contributed by atoms with Crippen LogP contribution in [0.15, 0.2) is 12.1 Å². The SMILES string of the molecule is Cc1ccc2c(c1P)CC(N)C2. The highest BCUT2D eigenvalue weighted by Crippen LogP contribution is 2.22. The van der Waals surface area contributed by atoms with Crippen molar-refractivity contribution in [1.29, 1.82) is 0 Å². The molecule has 0 heterocycles. The summed E-state index contributed by atoms with van der Waals surface area (Å²) in [7, 11) is 2.82. The Bertz CT molecular complexity index is 320. The van der Waals surface area contributed by atoms with Crippen LogP contribution in [0.4, 0.5) is 0 Å². The topological polar surface area (TPSA) is 26.0 Å². The Labute approximate surface area is 75.6 Å². The van der Waals surface area contributed by atoms with Crippen LogP contribution in [-0.4, -0.2) is 6.04 Å². The summed E-state index contributed by atoms with van der Waals surface area (Å²) in [6, 6.07) is 4.74. The Balaban J connectivity index is 2.54. The van der Waals surface area contributed by atoms with E-state index >= 15 is 0 Å². The van der Waals surface area contributed by atoms with Crippen molar-refractivity contribution in [3.63, 3.8) is 0 Å². The molecule has 2 heteroatoms. The van der Waals surface area contributed by atoms with E-state index in [-0.39, 0.29) is 0 Å². The number of nitrogens with two attached hydrogens (primary N) is 1. The zero-order chi connectivity index (χ0) is 8.72. The Morgan fingerprint density at radius 2 is 2.17 bits per heavy atom. The highest BCUT2D eigenvalue weighted by atomic mass is 31.0. The van der Waals surface area contributed by atoms with Crippen molar-refractivity contribution in [1.82, 2.24) is 0 Å². The number of benzene rings is 1. The van der Waals surface area contributed by atoms with Gasteiger partial charge in [-0.2, -0.15) is 0 Å². The molecular formula is C10H14NP. The molecule has 64 valence electrons. The molecule has 0 fully saturated rings. The lowest BCUT2D eigenvalue weighted by atomic mass is 10.1. The highest BCUT2D eigenvalue weighted by Gasteiger charge is 2.19. The molecule has 0 radical (unpaired) electrons. The lowest BCUT2D eigenvalue weighted by molar-refractivity contribution is 0.722. The standard InChI is InChI=1S/C10H14NP/c1-6-2-3-7-4-8(11)5-9(7)10(6)12/h2-3,8H,4-5,11-12H2,1H3. The number of aryl methyl sites for hydroxylation is 1. The Morgan fingerprint density at radius 1 is 1.42 bits per heavy atom. The summed E-state index contributed by atoms with van der Waals surface area (Å²) in [6.07, 6.45) is 2.10. The third-order valence-electron chi connectivity index (χ3n) is 2.62. The van der Waals surface area contributed by atoms with Crippen molar-refractivity contribution in [2.45, 2.75) is 25.8 Å². The van der Waals surface area contributed by atoms with Crippen LogP contribution in [0, 0.1) is 6.92 Å². The van der Waals surface area contributed by atoms with Gasteiger partial charge < -0.3 is 5.73 Å². The first-order valence-corrected chi connectivity index (χ1v) is 4.88. The van der Waals surface area contributed by atoms with Crippen molar-refractivity contribution >= 4 is 14.5 Å². The zero-order valence-electron chi connectivity index (χ0n) is 7.30. The monoisotopic (exact) mass is 179 g/mol. The maximum absolute atomic E-state index is 5.89. The Morgan fingerprint density at radius 3 is 2.92 bits per heavy atom. The molecule has 0 saturated heterocycles. The molecule has 2 unspecified atom stereocenters. The van der Waals surface area contributed by atoms with Gasteiger partial charge in [0.2, 0.25) is 0 Å². The molecule has 2 atom stereocenters. The van der Waals surface area contributed by atoms with Crippen LogP contribution in [0.1, 0.15) is 16.7 Å². The maximum atomic E-state index is 5.89. The summed E-state index contributed by atoms with van der Waals surface area (Å²) in [5.41, 5.74) is 10.2. The second-order valence-corrected chi connectivity index (χ2v) is 4.18. The third kappa shape index (κ3) is 1.18.